The molecule has 1 aromatic heterocycles. The normalized spacial score (nSPS) is 12.4. The smallest absolute Gasteiger partial charge is 0.124 e. The molecule has 0 aliphatic heterocycles. The minimum atomic E-state index is -0.248. The van der Waals surface area contributed by atoms with Crippen molar-refractivity contribution in [3.05, 3.63) is 63.6 Å². The third-order valence-corrected chi connectivity index (χ3v) is 3.52. The molecule has 18 heavy (non-hydrogen) atoms. The van der Waals surface area contributed by atoms with Gasteiger partial charge in [-0.1, -0.05) is 28.1 Å². The molecule has 1 N–H and O–H groups in total. The minimum absolute atomic E-state index is 0.00641. The van der Waals surface area contributed by atoms with Gasteiger partial charge in [-0.25, -0.2) is 4.39 Å². The third kappa shape index (κ3) is 2.76. The molecule has 1 atom stereocenters. The largest absolute Gasteiger partial charge is 0.309 e. The Morgan fingerprint density at radius 1 is 1.28 bits per heavy atom. The highest BCUT2D eigenvalue weighted by Gasteiger charge is 2.15. The number of nitrogens with one attached hydrogen (secondary N) is 1. The molecule has 1 unspecified atom stereocenters. The fourth-order valence-corrected chi connectivity index (χ4v) is 2.47. The lowest BCUT2D eigenvalue weighted by atomic mass is 10.00. The number of aryl methyl sites for hydroxylation is 1. The molecule has 2 rings (SSSR count). The lowest BCUT2D eigenvalue weighted by Crippen LogP contribution is -2.18. The highest BCUT2D eigenvalue weighted by atomic mass is 79.9. The number of hydrogen-bond acceptors (Lipinski definition) is 2. The zero-order valence-electron chi connectivity index (χ0n) is 10.2. The predicted octanol–water partition coefficient (Wildman–Crippen LogP) is 3.60. The molecule has 0 spiro atoms. The fourth-order valence-electron chi connectivity index (χ4n) is 1.89. The number of rotatable bonds is 3. The fraction of sp³-hybridized carbons (Fsp3) is 0.214. The summed E-state index contributed by atoms with van der Waals surface area (Å²) in [5.74, 6) is -0.248. The number of nitrogens with zero attached hydrogens (tertiary/aromatic N) is 1. The first-order chi connectivity index (χ1) is 8.61. The summed E-state index contributed by atoms with van der Waals surface area (Å²) >= 11 is 3.40. The second kappa shape index (κ2) is 5.59. The molecule has 0 amide bonds. The van der Waals surface area contributed by atoms with Crippen LogP contribution in [-0.2, 0) is 0 Å². The Bertz CT molecular complexity index is 540. The van der Waals surface area contributed by atoms with Gasteiger partial charge in [0.25, 0.3) is 0 Å². The van der Waals surface area contributed by atoms with Gasteiger partial charge < -0.3 is 5.32 Å². The van der Waals surface area contributed by atoms with Crippen LogP contribution in [-0.4, -0.2) is 12.0 Å². The van der Waals surface area contributed by atoms with E-state index >= 15 is 0 Å². The van der Waals surface area contributed by atoms with Crippen molar-refractivity contribution >= 4 is 15.9 Å². The molecule has 2 aromatic rings. The maximum Gasteiger partial charge on any atom is 0.124 e. The van der Waals surface area contributed by atoms with E-state index in [2.05, 4.69) is 26.2 Å². The summed E-state index contributed by atoms with van der Waals surface area (Å²) < 4.78 is 13.9. The number of benzene rings is 1. The average Bonchev–Trinajstić information content (AvgIpc) is 2.35. The van der Waals surface area contributed by atoms with Crippen LogP contribution in [0.3, 0.4) is 0 Å². The van der Waals surface area contributed by atoms with Gasteiger partial charge in [0.15, 0.2) is 0 Å². The van der Waals surface area contributed by atoms with Crippen molar-refractivity contribution in [2.75, 3.05) is 7.05 Å². The van der Waals surface area contributed by atoms with Gasteiger partial charge in [0, 0.05) is 16.4 Å². The molecule has 0 fully saturated rings. The van der Waals surface area contributed by atoms with Gasteiger partial charge in [-0.3, -0.25) is 4.98 Å². The quantitative estimate of drug-likeness (QED) is 0.937. The summed E-state index contributed by atoms with van der Waals surface area (Å²) in [5, 5.41) is 3.22. The summed E-state index contributed by atoms with van der Waals surface area (Å²) in [7, 11) is 1.88. The van der Waals surface area contributed by atoms with E-state index in [4.69, 9.17) is 0 Å². The summed E-state index contributed by atoms with van der Waals surface area (Å²) in [5.41, 5.74) is 3.02. The van der Waals surface area contributed by atoms with Gasteiger partial charge in [-0.2, -0.15) is 0 Å². The predicted molar refractivity (Wildman–Crippen MR) is 74.0 cm³/mol. The van der Waals surface area contributed by atoms with Gasteiger partial charge >= 0.3 is 0 Å². The van der Waals surface area contributed by atoms with Crippen molar-refractivity contribution in [3.8, 4) is 0 Å². The van der Waals surface area contributed by atoms with Crippen molar-refractivity contribution in [1.29, 1.82) is 0 Å². The molecule has 1 aromatic carbocycles. The van der Waals surface area contributed by atoms with E-state index in [9.17, 15) is 4.39 Å². The van der Waals surface area contributed by atoms with Crippen molar-refractivity contribution in [1.82, 2.24) is 10.3 Å². The van der Waals surface area contributed by atoms with E-state index in [1.807, 2.05) is 32.3 Å². The van der Waals surface area contributed by atoms with Gasteiger partial charge in [-0.15, -0.1) is 0 Å². The van der Waals surface area contributed by atoms with E-state index in [0.717, 1.165) is 21.3 Å². The molecule has 0 saturated heterocycles. The van der Waals surface area contributed by atoms with Crippen LogP contribution in [0.5, 0.6) is 0 Å². The molecule has 94 valence electrons. The zero-order chi connectivity index (χ0) is 13.1. The highest BCUT2D eigenvalue weighted by Crippen LogP contribution is 2.28. The van der Waals surface area contributed by atoms with E-state index in [1.165, 1.54) is 12.1 Å². The Hall–Kier alpha value is -1.26. The molecule has 0 aliphatic carbocycles. The third-order valence-electron chi connectivity index (χ3n) is 2.83. The van der Waals surface area contributed by atoms with Crippen LogP contribution >= 0.6 is 15.9 Å². The molecule has 0 saturated carbocycles. The lowest BCUT2D eigenvalue weighted by molar-refractivity contribution is 0.621. The van der Waals surface area contributed by atoms with Crippen molar-refractivity contribution in [3.63, 3.8) is 0 Å². The van der Waals surface area contributed by atoms with Crippen LogP contribution in [0.25, 0.3) is 0 Å². The van der Waals surface area contributed by atoms with Gasteiger partial charge in [-0.05, 0) is 43.3 Å². The molecule has 2 nitrogen and oxygen atoms in total. The zero-order valence-corrected chi connectivity index (χ0v) is 11.8. The molecule has 0 aliphatic rings. The van der Waals surface area contributed by atoms with E-state index < -0.39 is 0 Å². The number of hydrogen-bond donors (Lipinski definition) is 1. The summed E-state index contributed by atoms with van der Waals surface area (Å²) in [6.45, 7) is 1.95. The summed E-state index contributed by atoms with van der Waals surface area (Å²) in [6.07, 6.45) is 1.84. The highest BCUT2D eigenvalue weighted by molar-refractivity contribution is 9.10. The van der Waals surface area contributed by atoms with Crippen LogP contribution in [0.2, 0.25) is 0 Å². The van der Waals surface area contributed by atoms with Crippen LogP contribution in [0, 0.1) is 12.7 Å². The maximum absolute atomic E-state index is 13.1. The minimum Gasteiger partial charge on any atom is -0.309 e. The topological polar surface area (TPSA) is 24.9 Å². The Labute approximate surface area is 114 Å². The first kappa shape index (κ1) is 13.2. The standard InChI is InChI=1S/C14H14BrFN2/c1-9-3-4-10(8-18-9)14(17-2)12-6-5-11(16)7-13(12)15/h3-8,14,17H,1-2H3. The van der Waals surface area contributed by atoms with Crippen LogP contribution in [0.1, 0.15) is 22.9 Å². The number of pyridine rings is 1. The lowest BCUT2D eigenvalue weighted by Gasteiger charge is -2.18. The maximum atomic E-state index is 13.1. The van der Waals surface area contributed by atoms with Crippen molar-refractivity contribution in [2.45, 2.75) is 13.0 Å². The summed E-state index contributed by atoms with van der Waals surface area (Å²) in [6, 6.07) is 8.71. The molecule has 1 heterocycles. The summed E-state index contributed by atoms with van der Waals surface area (Å²) in [4.78, 5) is 4.29. The molecule has 0 bridgehead atoms. The first-order valence-corrected chi connectivity index (χ1v) is 6.46. The molecule has 0 radical (unpaired) electrons. The van der Waals surface area contributed by atoms with E-state index in [-0.39, 0.29) is 11.9 Å². The molecular formula is C14H14BrFN2. The van der Waals surface area contributed by atoms with Crippen LogP contribution < -0.4 is 5.32 Å². The van der Waals surface area contributed by atoms with Crippen molar-refractivity contribution in [2.24, 2.45) is 0 Å². The monoisotopic (exact) mass is 308 g/mol. The van der Waals surface area contributed by atoms with Gasteiger partial charge in [0.2, 0.25) is 0 Å². The Balaban J connectivity index is 2.41. The van der Waals surface area contributed by atoms with Gasteiger partial charge in [0.05, 0.1) is 6.04 Å². The second-order valence-electron chi connectivity index (χ2n) is 4.12. The average molecular weight is 309 g/mol. The van der Waals surface area contributed by atoms with Crippen LogP contribution in [0.15, 0.2) is 41.0 Å². The Kier molecular flexibility index (Phi) is 4.09. The molecular weight excluding hydrogens is 295 g/mol. The van der Waals surface area contributed by atoms with Gasteiger partial charge in [0.1, 0.15) is 5.82 Å². The van der Waals surface area contributed by atoms with Crippen molar-refractivity contribution < 1.29 is 4.39 Å². The first-order valence-electron chi connectivity index (χ1n) is 5.66. The van der Waals surface area contributed by atoms with E-state index in [0.29, 0.717) is 0 Å². The number of halogens is 2. The Morgan fingerprint density at radius 3 is 2.61 bits per heavy atom. The number of aromatic nitrogens is 1. The SMILES string of the molecule is CNC(c1ccc(C)nc1)c1ccc(F)cc1Br. The molecule has 4 heteroatoms. The van der Waals surface area contributed by atoms with E-state index in [1.54, 1.807) is 6.07 Å². The van der Waals surface area contributed by atoms with Crippen LogP contribution in [0.4, 0.5) is 4.39 Å². The Morgan fingerprint density at radius 2 is 2.06 bits per heavy atom. The second-order valence-corrected chi connectivity index (χ2v) is 4.97.